The highest BCUT2D eigenvalue weighted by Gasteiger charge is 2.10. The zero-order valence-corrected chi connectivity index (χ0v) is 16.7. The molecule has 3 aromatic carbocycles. The van der Waals surface area contributed by atoms with Crippen molar-refractivity contribution in [3.63, 3.8) is 0 Å². The number of thioether (sulfide) groups is 1. The SMILES string of the molecule is CSc1cccc(-c2ccc3sc4ccc(C(C)C)cc4c(=O)c3c2)c1. The monoisotopic (exact) mass is 376 g/mol. The highest BCUT2D eigenvalue weighted by atomic mass is 32.2. The summed E-state index contributed by atoms with van der Waals surface area (Å²) < 4.78 is 2.11. The first-order valence-electron chi connectivity index (χ1n) is 8.72. The van der Waals surface area contributed by atoms with Crippen LogP contribution in [0.1, 0.15) is 25.3 Å². The molecule has 0 aliphatic rings. The van der Waals surface area contributed by atoms with Crippen LogP contribution in [0.3, 0.4) is 0 Å². The largest absolute Gasteiger partial charge is 0.289 e. The Hall–Kier alpha value is -2.10. The van der Waals surface area contributed by atoms with Crippen molar-refractivity contribution in [2.45, 2.75) is 24.7 Å². The Morgan fingerprint density at radius 1 is 0.846 bits per heavy atom. The molecule has 1 heterocycles. The predicted octanol–water partition coefficient (Wildman–Crippen LogP) is 6.93. The van der Waals surface area contributed by atoms with E-state index in [1.165, 1.54) is 10.5 Å². The van der Waals surface area contributed by atoms with Crippen molar-refractivity contribution in [2.24, 2.45) is 0 Å². The third kappa shape index (κ3) is 3.06. The molecule has 1 aromatic heterocycles. The minimum absolute atomic E-state index is 0.138. The van der Waals surface area contributed by atoms with Gasteiger partial charge in [-0.25, -0.2) is 0 Å². The second-order valence-corrected chi connectivity index (χ2v) is 8.75. The van der Waals surface area contributed by atoms with Gasteiger partial charge in [0.15, 0.2) is 5.43 Å². The van der Waals surface area contributed by atoms with Gasteiger partial charge in [0.1, 0.15) is 0 Å². The van der Waals surface area contributed by atoms with Crippen LogP contribution in [0.5, 0.6) is 0 Å². The Morgan fingerprint density at radius 2 is 1.54 bits per heavy atom. The lowest BCUT2D eigenvalue weighted by molar-refractivity contribution is 0.869. The average molecular weight is 377 g/mol. The number of rotatable bonds is 3. The number of benzene rings is 3. The van der Waals surface area contributed by atoms with E-state index in [-0.39, 0.29) is 5.43 Å². The molecule has 0 amide bonds. The third-order valence-electron chi connectivity index (χ3n) is 4.76. The predicted molar refractivity (Wildman–Crippen MR) is 117 cm³/mol. The Bertz CT molecular complexity index is 1170. The van der Waals surface area contributed by atoms with E-state index < -0.39 is 0 Å². The summed E-state index contributed by atoms with van der Waals surface area (Å²) in [6.45, 7) is 4.32. The van der Waals surface area contributed by atoms with Gasteiger partial charge in [-0.15, -0.1) is 23.1 Å². The molecule has 0 spiro atoms. The highest BCUT2D eigenvalue weighted by Crippen LogP contribution is 2.31. The summed E-state index contributed by atoms with van der Waals surface area (Å²) in [6.07, 6.45) is 2.08. The molecule has 4 aromatic rings. The van der Waals surface area contributed by atoms with Crippen molar-refractivity contribution in [1.82, 2.24) is 0 Å². The fraction of sp³-hybridized carbons (Fsp3) is 0.174. The summed E-state index contributed by atoms with van der Waals surface area (Å²) in [5.41, 5.74) is 3.60. The van der Waals surface area contributed by atoms with Crippen LogP contribution < -0.4 is 5.43 Å². The summed E-state index contributed by atoms with van der Waals surface area (Å²) in [6, 6.07) is 21.0. The lowest BCUT2D eigenvalue weighted by Gasteiger charge is -2.09. The Morgan fingerprint density at radius 3 is 2.27 bits per heavy atom. The quantitative estimate of drug-likeness (QED) is 0.285. The van der Waals surface area contributed by atoms with Gasteiger partial charge in [0, 0.05) is 25.1 Å². The average Bonchev–Trinajstić information content (AvgIpc) is 2.67. The summed E-state index contributed by atoms with van der Waals surface area (Å²) in [5.74, 6) is 0.417. The maximum absolute atomic E-state index is 13.2. The molecule has 0 fully saturated rings. The molecule has 4 rings (SSSR count). The standard InChI is InChI=1S/C23H20OS2/c1-14(2)15-7-9-21-19(12-15)23(24)20-13-17(8-10-22(20)26-21)16-5-4-6-18(11-16)25-3/h4-14H,1-3H3. The van der Waals surface area contributed by atoms with Gasteiger partial charge in [-0.2, -0.15) is 0 Å². The van der Waals surface area contributed by atoms with Crippen molar-refractivity contribution < 1.29 is 0 Å². The first-order chi connectivity index (χ1) is 12.6. The molecule has 0 N–H and O–H groups in total. The number of hydrogen-bond acceptors (Lipinski definition) is 3. The van der Waals surface area contributed by atoms with Gasteiger partial charge >= 0.3 is 0 Å². The number of hydrogen-bond donors (Lipinski definition) is 0. The van der Waals surface area contributed by atoms with E-state index in [9.17, 15) is 4.79 Å². The van der Waals surface area contributed by atoms with Crippen LogP contribution in [0.2, 0.25) is 0 Å². The molecule has 0 radical (unpaired) electrons. The molecule has 0 saturated carbocycles. The summed E-state index contributed by atoms with van der Waals surface area (Å²) in [7, 11) is 0. The Kier molecular flexibility index (Phi) is 4.60. The van der Waals surface area contributed by atoms with E-state index in [1.807, 2.05) is 0 Å². The van der Waals surface area contributed by atoms with Crippen LogP contribution in [0.25, 0.3) is 31.3 Å². The van der Waals surface area contributed by atoms with Gasteiger partial charge in [-0.3, -0.25) is 4.79 Å². The molecule has 0 saturated heterocycles. The summed E-state index contributed by atoms with van der Waals surface area (Å²) >= 11 is 3.42. The van der Waals surface area contributed by atoms with Crippen LogP contribution in [-0.4, -0.2) is 6.26 Å². The summed E-state index contributed by atoms with van der Waals surface area (Å²) in [5, 5.41) is 1.65. The van der Waals surface area contributed by atoms with Crippen LogP contribution in [-0.2, 0) is 0 Å². The molecule has 0 atom stereocenters. The molecule has 130 valence electrons. The van der Waals surface area contributed by atoms with Crippen molar-refractivity contribution >= 4 is 43.3 Å². The first kappa shape index (κ1) is 17.3. The molecule has 1 nitrogen and oxygen atoms in total. The Balaban J connectivity index is 1.95. The van der Waals surface area contributed by atoms with E-state index in [0.29, 0.717) is 5.92 Å². The molecule has 0 aliphatic heterocycles. The highest BCUT2D eigenvalue weighted by molar-refractivity contribution is 7.98. The number of fused-ring (bicyclic) bond motifs is 2. The lowest BCUT2D eigenvalue weighted by atomic mass is 10.0. The van der Waals surface area contributed by atoms with E-state index >= 15 is 0 Å². The second kappa shape index (κ2) is 6.90. The van der Waals surface area contributed by atoms with E-state index in [1.54, 1.807) is 23.1 Å². The van der Waals surface area contributed by atoms with Crippen LogP contribution in [0, 0.1) is 0 Å². The van der Waals surface area contributed by atoms with Crippen molar-refractivity contribution in [1.29, 1.82) is 0 Å². The minimum Gasteiger partial charge on any atom is -0.289 e. The van der Waals surface area contributed by atoms with Crippen LogP contribution in [0.15, 0.2) is 70.4 Å². The van der Waals surface area contributed by atoms with E-state index in [2.05, 4.69) is 80.8 Å². The molecular weight excluding hydrogens is 356 g/mol. The normalized spacial score (nSPS) is 11.5. The van der Waals surface area contributed by atoms with Gasteiger partial charge < -0.3 is 0 Å². The van der Waals surface area contributed by atoms with Crippen molar-refractivity contribution in [3.05, 3.63) is 76.5 Å². The molecule has 0 aliphatic carbocycles. The van der Waals surface area contributed by atoms with E-state index in [4.69, 9.17) is 0 Å². The lowest BCUT2D eigenvalue weighted by Crippen LogP contribution is -2.02. The Labute approximate surface area is 161 Å². The smallest absolute Gasteiger partial charge is 0.195 e. The molecule has 0 unspecified atom stereocenters. The van der Waals surface area contributed by atoms with Crippen molar-refractivity contribution in [3.8, 4) is 11.1 Å². The zero-order valence-electron chi connectivity index (χ0n) is 15.1. The van der Waals surface area contributed by atoms with Gasteiger partial charge in [0.05, 0.1) is 0 Å². The second-order valence-electron chi connectivity index (χ2n) is 6.78. The zero-order chi connectivity index (χ0) is 18.3. The van der Waals surface area contributed by atoms with Gasteiger partial charge in [0.2, 0.25) is 0 Å². The van der Waals surface area contributed by atoms with Gasteiger partial charge in [-0.05, 0) is 65.3 Å². The van der Waals surface area contributed by atoms with Crippen LogP contribution in [0.4, 0.5) is 0 Å². The molecule has 26 heavy (non-hydrogen) atoms. The topological polar surface area (TPSA) is 17.1 Å². The molecule has 3 heteroatoms. The molecule has 0 bridgehead atoms. The maximum Gasteiger partial charge on any atom is 0.195 e. The fourth-order valence-corrected chi connectivity index (χ4v) is 4.71. The van der Waals surface area contributed by atoms with E-state index in [0.717, 1.165) is 31.3 Å². The van der Waals surface area contributed by atoms with Crippen LogP contribution >= 0.6 is 23.1 Å². The molecular formula is C23H20OS2. The third-order valence-corrected chi connectivity index (χ3v) is 6.64. The van der Waals surface area contributed by atoms with Crippen molar-refractivity contribution in [2.75, 3.05) is 6.26 Å². The fourth-order valence-electron chi connectivity index (χ4n) is 3.22. The van der Waals surface area contributed by atoms with Gasteiger partial charge in [0.25, 0.3) is 0 Å². The van der Waals surface area contributed by atoms with Gasteiger partial charge in [-0.1, -0.05) is 38.1 Å². The minimum atomic E-state index is 0.138. The first-order valence-corrected chi connectivity index (χ1v) is 10.8. The summed E-state index contributed by atoms with van der Waals surface area (Å²) in [4.78, 5) is 14.4. The maximum atomic E-state index is 13.2.